The largest absolute Gasteiger partial charge is 0.337 e. The Balaban J connectivity index is 1.45. The molecule has 2 atom stereocenters. The summed E-state index contributed by atoms with van der Waals surface area (Å²) in [4.78, 5) is 42.0. The zero-order valence-corrected chi connectivity index (χ0v) is 23.4. The van der Waals surface area contributed by atoms with Crippen LogP contribution in [0.2, 0.25) is 0 Å². The van der Waals surface area contributed by atoms with Gasteiger partial charge < -0.3 is 14.4 Å². The van der Waals surface area contributed by atoms with Gasteiger partial charge in [-0.1, -0.05) is 38.1 Å². The molecule has 206 valence electrons. The smallest absolute Gasteiger partial charge is 0.224 e. The van der Waals surface area contributed by atoms with Gasteiger partial charge in [0.1, 0.15) is 5.82 Å². The average Bonchev–Trinajstić information content (AvgIpc) is 3.54. The molecular formula is C31H40N6O2. The van der Waals surface area contributed by atoms with Gasteiger partial charge in [-0.3, -0.25) is 19.5 Å². The first-order valence-corrected chi connectivity index (χ1v) is 14.2. The van der Waals surface area contributed by atoms with Crippen molar-refractivity contribution >= 4 is 17.5 Å². The number of fused-ring (bicyclic) bond motifs is 3. The van der Waals surface area contributed by atoms with Crippen LogP contribution in [0.4, 0.5) is 5.69 Å². The number of hydrogen-bond donors (Lipinski definition) is 0. The first-order chi connectivity index (χ1) is 18.9. The number of aryl methyl sites for hydroxylation is 1. The lowest BCUT2D eigenvalue weighted by atomic mass is 10.1. The van der Waals surface area contributed by atoms with E-state index in [-0.39, 0.29) is 17.9 Å². The number of carbonyl (C=O) groups is 2. The van der Waals surface area contributed by atoms with E-state index < -0.39 is 0 Å². The Morgan fingerprint density at radius 1 is 1.03 bits per heavy atom. The second-order valence-electron chi connectivity index (χ2n) is 11.2. The predicted molar refractivity (Wildman–Crippen MR) is 152 cm³/mol. The number of aromatic nitrogens is 3. The van der Waals surface area contributed by atoms with Crippen LogP contribution in [-0.2, 0) is 29.2 Å². The van der Waals surface area contributed by atoms with Gasteiger partial charge >= 0.3 is 0 Å². The number of pyridine rings is 1. The summed E-state index contributed by atoms with van der Waals surface area (Å²) in [7, 11) is 0. The Kier molecular flexibility index (Phi) is 8.41. The quantitative estimate of drug-likeness (QED) is 0.467. The van der Waals surface area contributed by atoms with Crippen molar-refractivity contribution in [2.24, 2.45) is 0 Å². The third-order valence-corrected chi connectivity index (χ3v) is 8.18. The molecule has 2 aromatic heterocycles. The number of anilines is 1. The lowest BCUT2D eigenvalue weighted by Crippen LogP contribution is -2.45. The highest BCUT2D eigenvalue weighted by Crippen LogP contribution is 2.32. The standard InChI is InChI=1S/C31H40N6O2/c1-23(2)31-33-15-18-34(31)16-13-30(39)35-21-26-8-4-5-9-29(26)36(24(3)38)17-12-27-10-11-28(22-35)37(27)20-25-7-6-14-32-19-25/h4-9,14-15,18-19,23,27-28H,10-13,16-17,20-22H2,1-3H3. The van der Waals surface area contributed by atoms with Gasteiger partial charge in [-0.25, -0.2) is 4.98 Å². The molecule has 0 radical (unpaired) electrons. The fourth-order valence-electron chi connectivity index (χ4n) is 6.21. The Morgan fingerprint density at radius 3 is 2.62 bits per heavy atom. The molecule has 0 N–H and O–H groups in total. The van der Waals surface area contributed by atoms with Crippen molar-refractivity contribution in [3.8, 4) is 0 Å². The van der Waals surface area contributed by atoms with Gasteiger partial charge in [0.15, 0.2) is 0 Å². The number of imidazole rings is 1. The number of para-hydroxylation sites is 1. The first-order valence-electron chi connectivity index (χ1n) is 14.2. The molecule has 2 aliphatic rings. The molecule has 1 aromatic carbocycles. The van der Waals surface area contributed by atoms with Crippen molar-refractivity contribution in [2.45, 2.75) is 84.1 Å². The molecule has 2 amide bonds. The minimum absolute atomic E-state index is 0.0363. The molecular weight excluding hydrogens is 488 g/mol. The van der Waals surface area contributed by atoms with Crippen molar-refractivity contribution in [3.05, 3.63) is 78.1 Å². The molecule has 0 aliphatic carbocycles. The number of benzene rings is 1. The van der Waals surface area contributed by atoms with Gasteiger partial charge in [-0.05, 0) is 42.5 Å². The molecule has 1 fully saturated rings. The van der Waals surface area contributed by atoms with E-state index in [1.807, 2.05) is 52.7 Å². The van der Waals surface area contributed by atoms with Crippen LogP contribution in [0.5, 0.6) is 0 Å². The van der Waals surface area contributed by atoms with Crippen molar-refractivity contribution in [3.63, 3.8) is 0 Å². The zero-order valence-electron chi connectivity index (χ0n) is 23.4. The first kappa shape index (κ1) is 27.1. The van der Waals surface area contributed by atoms with Crippen molar-refractivity contribution in [2.75, 3.05) is 18.0 Å². The summed E-state index contributed by atoms with van der Waals surface area (Å²) in [5, 5.41) is 0. The van der Waals surface area contributed by atoms with Gasteiger partial charge in [-0.15, -0.1) is 0 Å². The number of hydrogen-bond acceptors (Lipinski definition) is 5. The third kappa shape index (κ3) is 6.22. The van der Waals surface area contributed by atoms with Crippen molar-refractivity contribution < 1.29 is 9.59 Å². The van der Waals surface area contributed by atoms with Crippen LogP contribution in [0.1, 0.15) is 69.3 Å². The minimum atomic E-state index is 0.0363. The Hall–Kier alpha value is -3.52. The summed E-state index contributed by atoms with van der Waals surface area (Å²) in [5.74, 6) is 1.47. The Morgan fingerprint density at radius 2 is 1.85 bits per heavy atom. The molecule has 3 aromatic rings. The molecule has 2 bridgehead atoms. The van der Waals surface area contributed by atoms with Crippen LogP contribution < -0.4 is 4.90 Å². The van der Waals surface area contributed by atoms with Crippen LogP contribution in [0.15, 0.2) is 61.2 Å². The highest BCUT2D eigenvalue weighted by atomic mass is 16.2. The Labute approximate surface area is 231 Å². The normalized spacial score (nSPS) is 20.1. The predicted octanol–water partition coefficient (Wildman–Crippen LogP) is 4.61. The molecule has 1 saturated heterocycles. The van der Waals surface area contributed by atoms with Crippen molar-refractivity contribution in [1.29, 1.82) is 0 Å². The molecule has 39 heavy (non-hydrogen) atoms. The molecule has 8 nitrogen and oxygen atoms in total. The molecule has 2 unspecified atom stereocenters. The molecule has 0 spiro atoms. The number of rotatable bonds is 6. The molecule has 8 heteroatoms. The van der Waals surface area contributed by atoms with Gasteiger partial charge in [0, 0.05) is 94.5 Å². The van der Waals surface area contributed by atoms with Gasteiger partial charge in [0.2, 0.25) is 11.8 Å². The van der Waals surface area contributed by atoms with E-state index in [9.17, 15) is 9.59 Å². The highest BCUT2D eigenvalue weighted by molar-refractivity contribution is 5.92. The number of nitrogens with zero attached hydrogens (tertiary/aromatic N) is 6. The van der Waals surface area contributed by atoms with E-state index in [0.717, 1.165) is 42.9 Å². The van der Waals surface area contributed by atoms with E-state index in [4.69, 9.17) is 0 Å². The summed E-state index contributed by atoms with van der Waals surface area (Å²) in [6.45, 7) is 9.12. The molecule has 0 saturated carbocycles. The average molecular weight is 529 g/mol. The summed E-state index contributed by atoms with van der Waals surface area (Å²) in [6.07, 6.45) is 10.9. The maximum absolute atomic E-state index is 13.9. The van der Waals surface area contributed by atoms with E-state index in [1.54, 1.807) is 13.1 Å². The topological polar surface area (TPSA) is 74.6 Å². The molecule has 5 rings (SSSR count). The maximum atomic E-state index is 13.9. The molecule has 4 heterocycles. The van der Waals surface area contributed by atoms with Crippen LogP contribution in [-0.4, -0.2) is 61.3 Å². The highest BCUT2D eigenvalue weighted by Gasteiger charge is 2.36. The Bertz CT molecular complexity index is 1270. The fraction of sp³-hybridized carbons (Fsp3) is 0.484. The summed E-state index contributed by atoms with van der Waals surface area (Å²) in [5.41, 5.74) is 3.11. The van der Waals surface area contributed by atoms with Gasteiger partial charge in [0.25, 0.3) is 0 Å². The van der Waals surface area contributed by atoms with Crippen LogP contribution in [0.3, 0.4) is 0 Å². The zero-order chi connectivity index (χ0) is 27.4. The van der Waals surface area contributed by atoms with Crippen LogP contribution >= 0.6 is 0 Å². The second-order valence-corrected chi connectivity index (χ2v) is 11.2. The van der Waals surface area contributed by atoms with Crippen molar-refractivity contribution in [1.82, 2.24) is 24.3 Å². The van der Waals surface area contributed by atoms with E-state index in [2.05, 4.69) is 45.4 Å². The molecule has 2 aliphatic heterocycles. The fourth-order valence-corrected chi connectivity index (χ4v) is 6.21. The number of carbonyl (C=O) groups excluding carboxylic acids is 2. The van der Waals surface area contributed by atoms with Gasteiger partial charge in [0.05, 0.1) is 0 Å². The lowest BCUT2D eigenvalue weighted by molar-refractivity contribution is -0.133. The van der Waals surface area contributed by atoms with E-state index in [1.165, 1.54) is 5.56 Å². The van der Waals surface area contributed by atoms with E-state index >= 15 is 0 Å². The third-order valence-electron chi connectivity index (χ3n) is 8.18. The second kappa shape index (κ2) is 12.1. The summed E-state index contributed by atoms with van der Waals surface area (Å²) in [6, 6.07) is 12.8. The lowest BCUT2D eigenvalue weighted by Gasteiger charge is -2.34. The van der Waals surface area contributed by atoms with Crippen LogP contribution in [0, 0.1) is 0 Å². The SMILES string of the molecule is CC(=O)N1CCC2CCC(CN(C(=O)CCn3ccnc3C(C)C)Cc3ccccc31)N2Cc1cccnc1. The summed E-state index contributed by atoms with van der Waals surface area (Å²) >= 11 is 0. The van der Waals surface area contributed by atoms with Crippen LogP contribution in [0.25, 0.3) is 0 Å². The monoisotopic (exact) mass is 528 g/mol. The minimum Gasteiger partial charge on any atom is -0.337 e. The van der Waals surface area contributed by atoms with Gasteiger partial charge in [-0.2, -0.15) is 0 Å². The van der Waals surface area contributed by atoms with E-state index in [0.29, 0.717) is 44.6 Å². The summed E-state index contributed by atoms with van der Waals surface area (Å²) < 4.78 is 2.10. The maximum Gasteiger partial charge on any atom is 0.224 e. The number of amides is 2.